The molecule has 0 saturated carbocycles. The molecule has 3 nitrogen and oxygen atoms in total. The van der Waals surface area contributed by atoms with Gasteiger partial charge >= 0.3 is 5.97 Å². The summed E-state index contributed by atoms with van der Waals surface area (Å²) in [5, 5.41) is 8.54. The molecule has 0 aliphatic rings. The van der Waals surface area contributed by atoms with Gasteiger partial charge in [-0.3, -0.25) is 9.59 Å². The standard InChI is InChI=1S/C14H18O3/c1-14(2,3)11-6-4-5-10(9-11)12(15)7-8-13(16)17/h4-6,9H,7-8H2,1-3H3,(H,16,17). The van der Waals surface area contributed by atoms with Crippen LogP contribution in [0, 0.1) is 0 Å². The second-order valence-electron chi connectivity index (χ2n) is 5.15. The SMILES string of the molecule is CC(C)(C)c1cccc(C(=O)CCC(=O)O)c1. The molecule has 0 unspecified atom stereocenters. The average Bonchev–Trinajstić information content (AvgIpc) is 2.25. The van der Waals surface area contributed by atoms with Crippen molar-refractivity contribution >= 4 is 11.8 Å². The van der Waals surface area contributed by atoms with E-state index in [0.717, 1.165) is 5.56 Å². The van der Waals surface area contributed by atoms with Crippen molar-refractivity contribution < 1.29 is 14.7 Å². The Morgan fingerprint density at radius 1 is 1.18 bits per heavy atom. The predicted octanol–water partition coefficient (Wildman–Crippen LogP) is 3.03. The smallest absolute Gasteiger partial charge is 0.303 e. The summed E-state index contributed by atoms with van der Waals surface area (Å²) in [7, 11) is 0. The third kappa shape index (κ3) is 4.02. The van der Waals surface area contributed by atoms with E-state index in [1.807, 2.05) is 18.2 Å². The molecule has 0 bridgehead atoms. The normalized spacial score (nSPS) is 11.2. The fourth-order valence-electron chi connectivity index (χ4n) is 1.52. The maximum Gasteiger partial charge on any atom is 0.303 e. The van der Waals surface area contributed by atoms with Crippen molar-refractivity contribution in [2.45, 2.75) is 39.0 Å². The minimum Gasteiger partial charge on any atom is -0.481 e. The van der Waals surface area contributed by atoms with Gasteiger partial charge in [-0.05, 0) is 17.0 Å². The van der Waals surface area contributed by atoms with E-state index < -0.39 is 5.97 Å². The zero-order valence-electron chi connectivity index (χ0n) is 10.5. The van der Waals surface area contributed by atoms with Gasteiger partial charge in [-0.15, -0.1) is 0 Å². The van der Waals surface area contributed by atoms with Crippen molar-refractivity contribution in [1.82, 2.24) is 0 Å². The number of Topliss-reactive ketones (excluding diaryl/α,β-unsaturated/α-hetero) is 1. The number of ketones is 1. The summed E-state index contributed by atoms with van der Waals surface area (Å²) in [5.41, 5.74) is 1.67. The van der Waals surface area contributed by atoms with Gasteiger partial charge < -0.3 is 5.11 Å². The van der Waals surface area contributed by atoms with Crippen molar-refractivity contribution in [2.75, 3.05) is 0 Å². The molecule has 1 aromatic rings. The van der Waals surface area contributed by atoms with Crippen molar-refractivity contribution in [3.05, 3.63) is 35.4 Å². The minimum atomic E-state index is -0.940. The van der Waals surface area contributed by atoms with Gasteiger partial charge in [0.25, 0.3) is 0 Å². The van der Waals surface area contributed by atoms with Gasteiger partial charge in [-0.1, -0.05) is 39.0 Å². The third-order valence-electron chi connectivity index (χ3n) is 2.62. The average molecular weight is 234 g/mol. The number of rotatable bonds is 4. The van der Waals surface area contributed by atoms with Gasteiger partial charge in [0.1, 0.15) is 0 Å². The number of hydrogen-bond acceptors (Lipinski definition) is 2. The van der Waals surface area contributed by atoms with Crippen LogP contribution in [-0.2, 0) is 10.2 Å². The Balaban J connectivity index is 2.85. The zero-order valence-corrected chi connectivity index (χ0v) is 10.5. The van der Waals surface area contributed by atoms with E-state index in [1.54, 1.807) is 6.07 Å². The highest BCUT2D eigenvalue weighted by atomic mass is 16.4. The van der Waals surface area contributed by atoms with Crippen LogP contribution in [0.25, 0.3) is 0 Å². The van der Waals surface area contributed by atoms with Crippen molar-refractivity contribution in [2.24, 2.45) is 0 Å². The highest BCUT2D eigenvalue weighted by molar-refractivity contribution is 5.97. The summed E-state index contributed by atoms with van der Waals surface area (Å²) >= 11 is 0. The summed E-state index contributed by atoms with van der Waals surface area (Å²) in [6, 6.07) is 7.41. The molecule has 0 aliphatic carbocycles. The summed E-state index contributed by atoms with van der Waals surface area (Å²) < 4.78 is 0. The lowest BCUT2D eigenvalue weighted by Crippen LogP contribution is -2.12. The van der Waals surface area contributed by atoms with E-state index in [4.69, 9.17) is 5.11 Å². The molecule has 17 heavy (non-hydrogen) atoms. The maximum absolute atomic E-state index is 11.8. The Morgan fingerprint density at radius 3 is 2.35 bits per heavy atom. The van der Waals surface area contributed by atoms with Gasteiger partial charge in [0.2, 0.25) is 0 Å². The summed E-state index contributed by atoms with van der Waals surface area (Å²) in [4.78, 5) is 22.2. The van der Waals surface area contributed by atoms with Crippen molar-refractivity contribution in [1.29, 1.82) is 0 Å². The fraction of sp³-hybridized carbons (Fsp3) is 0.429. The summed E-state index contributed by atoms with van der Waals surface area (Å²) in [6.07, 6.45) is -0.0541. The number of aliphatic carboxylic acids is 1. The zero-order chi connectivity index (χ0) is 13.1. The molecule has 1 aromatic carbocycles. The molecule has 0 radical (unpaired) electrons. The van der Waals surface area contributed by atoms with E-state index in [0.29, 0.717) is 5.56 Å². The van der Waals surface area contributed by atoms with Crippen LogP contribution in [-0.4, -0.2) is 16.9 Å². The molecular formula is C14H18O3. The molecule has 1 rings (SSSR count). The molecule has 0 aromatic heterocycles. The molecule has 1 N–H and O–H groups in total. The number of benzene rings is 1. The van der Waals surface area contributed by atoms with Crippen LogP contribution < -0.4 is 0 Å². The highest BCUT2D eigenvalue weighted by Crippen LogP contribution is 2.23. The van der Waals surface area contributed by atoms with E-state index in [1.165, 1.54) is 0 Å². The Labute approximate surface area is 101 Å². The van der Waals surface area contributed by atoms with E-state index >= 15 is 0 Å². The maximum atomic E-state index is 11.8. The monoisotopic (exact) mass is 234 g/mol. The largest absolute Gasteiger partial charge is 0.481 e. The van der Waals surface area contributed by atoms with Crippen molar-refractivity contribution in [3.8, 4) is 0 Å². The number of carboxylic acid groups (broad SMARTS) is 1. The summed E-state index contributed by atoms with van der Waals surface area (Å²) in [5.74, 6) is -1.05. The van der Waals surface area contributed by atoms with Crippen LogP contribution >= 0.6 is 0 Å². The lowest BCUT2D eigenvalue weighted by Gasteiger charge is -2.19. The van der Waals surface area contributed by atoms with Gasteiger partial charge in [-0.25, -0.2) is 0 Å². The van der Waals surface area contributed by atoms with Gasteiger partial charge in [0, 0.05) is 12.0 Å². The third-order valence-corrected chi connectivity index (χ3v) is 2.62. The topological polar surface area (TPSA) is 54.4 Å². The Kier molecular flexibility index (Phi) is 4.05. The van der Waals surface area contributed by atoms with Gasteiger partial charge in [0.05, 0.1) is 6.42 Å². The highest BCUT2D eigenvalue weighted by Gasteiger charge is 2.15. The second-order valence-corrected chi connectivity index (χ2v) is 5.15. The molecule has 92 valence electrons. The Hall–Kier alpha value is -1.64. The molecular weight excluding hydrogens is 216 g/mol. The number of hydrogen-bond donors (Lipinski definition) is 1. The molecule has 0 saturated heterocycles. The first-order chi connectivity index (χ1) is 7.80. The van der Waals surface area contributed by atoms with E-state index in [2.05, 4.69) is 20.8 Å². The Bertz CT molecular complexity index is 427. The lowest BCUT2D eigenvalue weighted by atomic mass is 9.85. The van der Waals surface area contributed by atoms with E-state index in [-0.39, 0.29) is 24.0 Å². The number of carbonyl (C=O) groups is 2. The van der Waals surface area contributed by atoms with Crippen LogP contribution in [0.1, 0.15) is 49.5 Å². The first kappa shape index (κ1) is 13.4. The molecule has 0 heterocycles. The number of carboxylic acids is 1. The second kappa shape index (κ2) is 5.13. The van der Waals surface area contributed by atoms with Crippen LogP contribution in [0.2, 0.25) is 0 Å². The van der Waals surface area contributed by atoms with Crippen molar-refractivity contribution in [3.63, 3.8) is 0 Å². The molecule has 0 atom stereocenters. The molecule has 0 fully saturated rings. The van der Waals surface area contributed by atoms with E-state index in [9.17, 15) is 9.59 Å². The summed E-state index contributed by atoms with van der Waals surface area (Å²) in [6.45, 7) is 6.23. The van der Waals surface area contributed by atoms with Gasteiger partial charge in [0.15, 0.2) is 5.78 Å². The van der Waals surface area contributed by atoms with Crippen LogP contribution in [0.5, 0.6) is 0 Å². The number of carbonyl (C=O) groups excluding carboxylic acids is 1. The van der Waals surface area contributed by atoms with Gasteiger partial charge in [-0.2, -0.15) is 0 Å². The first-order valence-corrected chi connectivity index (χ1v) is 5.66. The predicted molar refractivity (Wildman–Crippen MR) is 66.3 cm³/mol. The molecule has 0 amide bonds. The van der Waals surface area contributed by atoms with Crippen LogP contribution in [0.4, 0.5) is 0 Å². The minimum absolute atomic E-state index is 0.0108. The van der Waals surface area contributed by atoms with Crippen LogP contribution in [0.3, 0.4) is 0 Å². The fourth-order valence-corrected chi connectivity index (χ4v) is 1.52. The lowest BCUT2D eigenvalue weighted by molar-refractivity contribution is -0.136. The quantitative estimate of drug-likeness (QED) is 0.815. The van der Waals surface area contributed by atoms with Crippen LogP contribution in [0.15, 0.2) is 24.3 Å². The molecule has 0 spiro atoms. The first-order valence-electron chi connectivity index (χ1n) is 5.66. The molecule has 3 heteroatoms. The molecule has 0 aliphatic heterocycles. The Morgan fingerprint density at radius 2 is 1.82 bits per heavy atom.